The van der Waals surface area contributed by atoms with Crippen molar-refractivity contribution in [3.8, 4) is 5.75 Å². The van der Waals surface area contributed by atoms with Crippen LogP contribution < -0.4 is 10.1 Å². The van der Waals surface area contributed by atoms with E-state index >= 15 is 0 Å². The molecule has 2 N–H and O–H groups in total. The minimum Gasteiger partial charge on any atom is -0.488 e. The number of hydrogen-bond acceptors (Lipinski definition) is 4. The number of hydrogen-bond donors (Lipinski definition) is 2. The monoisotopic (exact) mass is 346 g/mol. The zero-order chi connectivity index (χ0) is 17.6. The van der Waals surface area contributed by atoms with Gasteiger partial charge in [-0.25, -0.2) is 0 Å². The molecule has 1 heterocycles. The lowest BCUT2D eigenvalue weighted by molar-refractivity contribution is -0.122. The number of benzene rings is 1. The Kier molecular flexibility index (Phi) is 6.32. The van der Waals surface area contributed by atoms with Gasteiger partial charge in [-0.15, -0.1) is 0 Å². The molecule has 0 spiro atoms. The highest BCUT2D eigenvalue weighted by atomic mass is 16.5. The predicted molar refractivity (Wildman–Crippen MR) is 97.5 cm³/mol. The van der Waals surface area contributed by atoms with Crippen molar-refractivity contribution in [2.45, 2.75) is 56.8 Å². The molecule has 25 heavy (non-hydrogen) atoms. The van der Waals surface area contributed by atoms with Gasteiger partial charge in [-0.05, 0) is 63.2 Å². The minimum absolute atomic E-state index is 0.132. The van der Waals surface area contributed by atoms with Gasteiger partial charge in [-0.2, -0.15) is 0 Å². The highest BCUT2D eigenvalue weighted by molar-refractivity contribution is 5.75. The molecule has 2 fully saturated rings. The number of carbonyl (C=O) groups is 1. The molecule has 0 radical (unpaired) electrons. The molecule has 5 nitrogen and oxygen atoms in total. The van der Waals surface area contributed by atoms with Crippen molar-refractivity contribution in [1.82, 2.24) is 10.2 Å². The summed E-state index contributed by atoms with van der Waals surface area (Å²) in [6.45, 7) is 1.92. The molecule has 1 aliphatic carbocycles. The van der Waals surface area contributed by atoms with Crippen LogP contribution in [0.2, 0.25) is 0 Å². The second-order valence-corrected chi connectivity index (χ2v) is 7.31. The van der Waals surface area contributed by atoms with E-state index in [1.165, 1.54) is 0 Å². The second kappa shape index (κ2) is 8.68. The molecule has 1 saturated carbocycles. The summed E-state index contributed by atoms with van der Waals surface area (Å²) >= 11 is 0. The van der Waals surface area contributed by atoms with Crippen molar-refractivity contribution >= 4 is 5.91 Å². The van der Waals surface area contributed by atoms with Crippen LogP contribution in [0.3, 0.4) is 0 Å². The molecule has 1 aliphatic heterocycles. The molecule has 1 saturated heterocycles. The molecular weight excluding hydrogens is 316 g/mol. The lowest BCUT2D eigenvalue weighted by atomic mass is 9.85. The van der Waals surface area contributed by atoms with Crippen LogP contribution in [-0.4, -0.2) is 54.3 Å². The summed E-state index contributed by atoms with van der Waals surface area (Å²) in [4.78, 5) is 14.0. The van der Waals surface area contributed by atoms with E-state index in [0.717, 1.165) is 50.9 Å². The maximum atomic E-state index is 11.6. The van der Waals surface area contributed by atoms with Gasteiger partial charge in [0.2, 0.25) is 5.91 Å². The first-order chi connectivity index (χ1) is 12.2. The maximum Gasteiger partial charge on any atom is 0.220 e. The first-order valence-corrected chi connectivity index (χ1v) is 9.51. The Morgan fingerprint density at radius 1 is 1.20 bits per heavy atom. The second-order valence-electron chi connectivity index (χ2n) is 7.31. The van der Waals surface area contributed by atoms with E-state index in [4.69, 9.17) is 4.74 Å². The molecule has 1 aromatic carbocycles. The van der Waals surface area contributed by atoms with Crippen molar-refractivity contribution in [2.24, 2.45) is 5.92 Å². The average molecular weight is 346 g/mol. The van der Waals surface area contributed by atoms with Crippen LogP contribution in [0.5, 0.6) is 5.75 Å². The molecule has 3 rings (SSSR count). The Hall–Kier alpha value is -1.59. The number of piperidine rings is 1. The zero-order valence-electron chi connectivity index (χ0n) is 15.1. The van der Waals surface area contributed by atoms with Gasteiger partial charge in [0.15, 0.2) is 0 Å². The van der Waals surface area contributed by atoms with Crippen LogP contribution >= 0.6 is 0 Å². The number of rotatable bonds is 5. The topological polar surface area (TPSA) is 61.8 Å². The highest BCUT2D eigenvalue weighted by Gasteiger charge is 2.38. The first-order valence-electron chi connectivity index (χ1n) is 9.51. The summed E-state index contributed by atoms with van der Waals surface area (Å²) in [6.07, 6.45) is 5.10. The van der Waals surface area contributed by atoms with Crippen molar-refractivity contribution in [1.29, 1.82) is 0 Å². The van der Waals surface area contributed by atoms with Gasteiger partial charge in [0.05, 0.1) is 0 Å². The largest absolute Gasteiger partial charge is 0.488 e. The summed E-state index contributed by atoms with van der Waals surface area (Å²) in [6, 6.07) is 9.94. The standard InChI is InChI=1S/C20H30N2O3/c1-21-19(23)14-15-10-12-22(13-11-15)17-8-5-9-18(20(17)24)25-16-6-3-2-4-7-16/h2-4,6-7,15,17-18,20,24H,5,8-14H2,1H3,(H,21,23)/t17-,18+,20+/m0/s1. The minimum atomic E-state index is -0.454. The molecule has 0 bridgehead atoms. The zero-order valence-corrected chi connectivity index (χ0v) is 15.1. The molecule has 1 aromatic rings. The van der Waals surface area contributed by atoms with E-state index < -0.39 is 6.10 Å². The number of amides is 1. The van der Waals surface area contributed by atoms with Gasteiger partial charge in [0.1, 0.15) is 18.0 Å². The van der Waals surface area contributed by atoms with Gasteiger partial charge in [0, 0.05) is 19.5 Å². The molecule has 2 aliphatic rings. The Morgan fingerprint density at radius 3 is 2.60 bits per heavy atom. The number of aliphatic hydroxyl groups is 1. The number of nitrogens with one attached hydrogen (secondary N) is 1. The van der Waals surface area contributed by atoms with Crippen molar-refractivity contribution < 1.29 is 14.6 Å². The highest BCUT2D eigenvalue weighted by Crippen LogP contribution is 2.30. The average Bonchev–Trinajstić information content (AvgIpc) is 2.65. The summed E-state index contributed by atoms with van der Waals surface area (Å²) in [5.74, 6) is 1.43. The summed E-state index contributed by atoms with van der Waals surface area (Å²) < 4.78 is 6.05. The molecule has 0 unspecified atom stereocenters. The van der Waals surface area contributed by atoms with Crippen LogP contribution in [0, 0.1) is 5.92 Å². The van der Waals surface area contributed by atoms with Gasteiger partial charge in [-0.1, -0.05) is 18.2 Å². The summed E-state index contributed by atoms with van der Waals surface area (Å²) in [5.41, 5.74) is 0. The van der Waals surface area contributed by atoms with Crippen molar-refractivity contribution in [2.75, 3.05) is 20.1 Å². The smallest absolute Gasteiger partial charge is 0.220 e. The number of likely N-dealkylation sites (tertiary alicyclic amines) is 1. The van der Waals surface area contributed by atoms with Crippen LogP contribution in [0.25, 0.3) is 0 Å². The fourth-order valence-electron chi connectivity index (χ4n) is 4.17. The van der Waals surface area contributed by atoms with Gasteiger partial charge in [-0.3, -0.25) is 9.69 Å². The molecule has 3 atom stereocenters. The number of ether oxygens (including phenoxy) is 1. The maximum absolute atomic E-state index is 11.6. The number of para-hydroxylation sites is 1. The predicted octanol–water partition coefficient (Wildman–Crippen LogP) is 2.20. The SMILES string of the molecule is CNC(=O)CC1CCN([C@H]2CCC[C@@H](Oc3ccccc3)[C@@H]2O)CC1. The lowest BCUT2D eigenvalue weighted by Gasteiger charge is -2.44. The third-order valence-electron chi connectivity index (χ3n) is 5.67. The van der Waals surface area contributed by atoms with Crippen LogP contribution in [-0.2, 0) is 4.79 Å². The number of aliphatic hydroxyl groups excluding tert-OH is 1. The lowest BCUT2D eigenvalue weighted by Crippen LogP contribution is -2.54. The van der Waals surface area contributed by atoms with Crippen LogP contribution in [0.15, 0.2) is 30.3 Å². The normalized spacial score (nSPS) is 28.5. The first kappa shape index (κ1) is 18.2. The quantitative estimate of drug-likeness (QED) is 0.858. The molecule has 1 amide bonds. The molecular formula is C20H30N2O3. The third kappa shape index (κ3) is 4.73. The van der Waals surface area contributed by atoms with Gasteiger partial charge >= 0.3 is 0 Å². The molecule has 5 heteroatoms. The Labute approximate surface area is 150 Å². The van der Waals surface area contributed by atoms with Crippen molar-refractivity contribution in [3.63, 3.8) is 0 Å². The Balaban J connectivity index is 1.53. The van der Waals surface area contributed by atoms with Crippen molar-refractivity contribution in [3.05, 3.63) is 30.3 Å². The molecule has 0 aromatic heterocycles. The fourth-order valence-corrected chi connectivity index (χ4v) is 4.17. The number of carbonyl (C=O) groups excluding carboxylic acids is 1. The van der Waals surface area contributed by atoms with Crippen LogP contribution in [0.1, 0.15) is 38.5 Å². The summed E-state index contributed by atoms with van der Waals surface area (Å²) in [7, 11) is 1.70. The van der Waals surface area contributed by atoms with E-state index in [-0.39, 0.29) is 18.1 Å². The number of nitrogens with zero attached hydrogens (tertiary/aromatic N) is 1. The fraction of sp³-hybridized carbons (Fsp3) is 0.650. The Morgan fingerprint density at radius 2 is 1.92 bits per heavy atom. The van der Waals surface area contributed by atoms with E-state index in [9.17, 15) is 9.90 Å². The Bertz CT molecular complexity index is 543. The van der Waals surface area contributed by atoms with E-state index in [0.29, 0.717) is 12.3 Å². The van der Waals surface area contributed by atoms with E-state index in [2.05, 4.69) is 10.2 Å². The third-order valence-corrected chi connectivity index (χ3v) is 5.67. The molecule has 138 valence electrons. The summed E-state index contributed by atoms with van der Waals surface area (Å²) in [5, 5.41) is 13.6. The van der Waals surface area contributed by atoms with Crippen LogP contribution in [0.4, 0.5) is 0 Å². The van der Waals surface area contributed by atoms with E-state index in [1.54, 1.807) is 7.05 Å². The van der Waals surface area contributed by atoms with E-state index in [1.807, 2.05) is 30.3 Å². The van der Waals surface area contributed by atoms with Gasteiger partial charge in [0.25, 0.3) is 0 Å². The van der Waals surface area contributed by atoms with Gasteiger partial charge < -0.3 is 15.2 Å².